The first kappa shape index (κ1) is 18.9. The molecule has 0 amide bonds. The fraction of sp³-hybridized carbons (Fsp3) is 0.750. The van der Waals surface area contributed by atoms with Gasteiger partial charge in [0, 0.05) is 5.57 Å². The third-order valence-electron chi connectivity index (χ3n) is 6.08. The molecule has 0 aromatic heterocycles. The van der Waals surface area contributed by atoms with Gasteiger partial charge in [-0.15, -0.1) is 0 Å². The van der Waals surface area contributed by atoms with Gasteiger partial charge in [0.15, 0.2) is 13.2 Å². The van der Waals surface area contributed by atoms with Crippen molar-refractivity contribution in [3.8, 4) is 0 Å². The Morgan fingerprint density at radius 1 is 0.885 bits per heavy atom. The van der Waals surface area contributed by atoms with Gasteiger partial charge in [-0.1, -0.05) is 6.58 Å². The van der Waals surface area contributed by atoms with Crippen molar-refractivity contribution in [2.24, 2.45) is 23.2 Å². The summed E-state index contributed by atoms with van der Waals surface area (Å²) in [5, 5.41) is 0. The summed E-state index contributed by atoms with van der Waals surface area (Å²) in [4.78, 5) is 34.4. The second kappa shape index (κ2) is 7.80. The van der Waals surface area contributed by atoms with Crippen molar-refractivity contribution in [2.75, 3.05) is 19.8 Å². The van der Waals surface area contributed by atoms with Crippen LogP contribution in [-0.2, 0) is 28.6 Å². The van der Waals surface area contributed by atoms with Gasteiger partial charge in [0.05, 0.1) is 6.61 Å². The third kappa shape index (κ3) is 4.65. The van der Waals surface area contributed by atoms with E-state index >= 15 is 0 Å². The van der Waals surface area contributed by atoms with E-state index in [0.29, 0.717) is 12.0 Å². The first-order valence-corrected chi connectivity index (χ1v) is 9.49. The number of hydrogen-bond donors (Lipinski definition) is 0. The Labute approximate surface area is 154 Å². The zero-order chi connectivity index (χ0) is 18.7. The molecule has 4 fully saturated rings. The Morgan fingerprint density at radius 2 is 1.38 bits per heavy atom. The molecule has 0 heterocycles. The van der Waals surface area contributed by atoms with Crippen LogP contribution in [0.5, 0.6) is 0 Å². The SMILES string of the molecule is C=C(C)C(=O)OCC(=O)OCC(=O)OCCC12CC3CC(CC(C3)C1)C2. The average Bonchev–Trinajstić information content (AvgIpc) is 2.56. The summed E-state index contributed by atoms with van der Waals surface area (Å²) in [6.45, 7) is 4.28. The maximum atomic E-state index is 11.8. The van der Waals surface area contributed by atoms with Gasteiger partial charge in [-0.3, -0.25) is 0 Å². The molecule has 0 aromatic carbocycles. The minimum Gasteiger partial charge on any atom is -0.463 e. The number of carbonyl (C=O) groups is 3. The quantitative estimate of drug-likeness (QED) is 0.374. The van der Waals surface area contributed by atoms with Crippen molar-refractivity contribution in [1.29, 1.82) is 0 Å². The first-order chi connectivity index (χ1) is 12.3. The molecule has 6 nitrogen and oxygen atoms in total. The van der Waals surface area contributed by atoms with Crippen molar-refractivity contribution in [3.63, 3.8) is 0 Å². The van der Waals surface area contributed by atoms with Crippen LogP contribution in [0.1, 0.15) is 51.9 Å². The summed E-state index contributed by atoms with van der Waals surface area (Å²) in [5.41, 5.74) is 0.560. The molecule has 0 unspecified atom stereocenters. The van der Waals surface area contributed by atoms with E-state index in [1.165, 1.54) is 45.4 Å². The Morgan fingerprint density at radius 3 is 1.92 bits per heavy atom. The highest BCUT2D eigenvalue weighted by atomic mass is 16.6. The maximum absolute atomic E-state index is 11.8. The first-order valence-electron chi connectivity index (χ1n) is 9.49. The van der Waals surface area contributed by atoms with E-state index in [9.17, 15) is 14.4 Å². The van der Waals surface area contributed by atoms with Gasteiger partial charge in [-0.05, 0) is 75.0 Å². The van der Waals surface area contributed by atoms with Crippen LogP contribution >= 0.6 is 0 Å². The zero-order valence-corrected chi connectivity index (χ0v) is 15.5. The van der Waals surface area contributed by atoms with Gasteiger partial charge in [0.1, 0.15) is 0 Å². The lowest BCUT2D eigenvalue weighted by Gasteiger charge is -2.57. The van der Waals surface area contributed by atoms with Crippen molar-refractivity contribution < 1.29 is 28.6 Å². The third-order valence-corrected chi connectivity index (χ3v) is 6.08. The number of carbonyl (C=O) groups excluding carboxylic acids is 3. The molecule has 0 radical (unpaired) electrons. The molecule has 4 bridgehead atoms. The summed E-state index contributed by atoms with van der Waals surface area (Å²) in [7, 11) is 0. The lowest BCUT2D eigenvalue weighted by Crippen LogP contribution is -2.46. The summed E-state index contributed by atoms with van der Waals surface area (Å²) in [5.74, 6) is 0.617. The summed E-state index contributed by atoms with van der Waals surface area (Å²) >= 11 is 0. The van der Waals surface area contributed by atoms with E-state index in [4.69, 9.17) is 9.47 Å². The van der Waals surface area contributed by atoms with Crippen LogP contribution in [0.4, 0.5) is 0 Å². The summed E-state index contributed by atoms with van der Waals surface area (Å²) in [6.07, 6.45) is 8.92. The molecule has 144 valence electrons. The molecule has 0 spiro atoms. The van der Waals surface area contributed by atoms with E-state index in [2.05, 4.69) is 11.3 Å². The highest BCUT2D eigenvalue weighted by Crippen LogP contribution is 2.61. The molecule has 0 N–H and O–H groups in total. The fourth-order valence-corrected chi connectivity index (χ4v) is 5.45. The van der Waals surface area contributed by atoms with Gasteiger partial charge in [0.2, 0.25) is 0 Å². The van der Waals surface area contributed by atoms with Crippen LogP contribution in [0.15, 0.2) is 12.2 Å². The molecule has 6 heteroatoms. The van der Waals surface area contributed by atoms with Gasteiger partial charge in [0.25, 0.3) is 0 Å². The van der Waals surface area contributed by atoms with Gasteiger partial charge in [-0.2, -0.15) is 0 Å². The van der Waals surface area contributed by atoms with E-state index in [-0.39, 0.29) is 5.57 Å². The fourth-order valence-electron chi connectivity index (χ4n) is 5.45. The molecule has 4 aliphatic rings. The molecule has 0 aromatic rings. The highest BCUT2D eigenvalue weighted by molar-refractivity contribution is 5.88. The van der Waals surface area contributed by atoms with Crippen molar-refractivity contribution >= 4 is 17.9 Å². The lowest BCUT2D eigenvalue weighted by molar-refractivity contribution is -0.164. The van der Waals surface area contributed by atoms with Crippen LogP contribution < -0.4 is 0 Å². The summed E-state index contributed by atoms with van der Waals surface area (Å²) in [6, 6.07) is 0. The zero-order valence-electron chi connectivity index (χ0n) is 15.5. The van der Waals surface area contributed by atoms with Crippen molar-refractivity contribution in [3.05, 3.63) is 12.2 Å². The Kier molecular flexibility index (Phi) is 5.68. The van der Waals surface area contributed by atoms with Crippen molar-refractivity contribution in [1.82, 2.24) is 0 Å². The number of rotatable bonds is 8. The Bertz CT molecular complexity index is 558. The van der Waals surface area contributed by atoms with Crippen LogP contribution in [0, 0.1) is 23.2 Å². The predicted octanol–water partition coefficient (Wildman–Crippen LogP) is 2.80. The average molecular weight is 364 g/mol. The lowest BCUT2D eigenvalue weighted by atomic mass is 9.49. The molecular formula is C20H28O6. The van der Waals surface area contributed by atoms with E-state index < -0.39 is 31.1 Å². The van der Waals surface area contributed by atoms with Crippen molar-refractivity contribution in [2.45, 2.75) is 51.9 Å². The molecule has 4 aliphatic carbocycles. The maximum Gasteiger partial charge on any atom is 0.344 e. The van der Waals surface area contributed by atoms with E-state index in [0.717, 1.165) is 24.2 Å². The van der Waals surface area contributed by atoms with Gasteiger partial charge < -0.3 is 14.2 Å². The van der Waals surface area contributed by atoms with Crippen LogP contribution in [0.25, 0.3) is 0 Å². The van der Waals surface area contributed by atoms with Gasteiger partial charge >= 0.3 is 17.9 Å². The standard InChI is InChI=1S/C20H28O6/c1-13(2)19(23)26-12-18(22)25-11-17(21)24-4-3-20-8-14-5-15(9-20)7-16(6-14)10-20/h14-16H,1,3-12H2,2H3. The van der Waals surface area contributed by atoms with Crippen LogP contribution in [0.2, 0.25) is 0 Å². The minimum atomic E-state index is -0.780. The van der Waals surface area contributed by atoms with E-state index in [1.54, 1.807) is 0 Å². The largest absolute Gasteiger partial charge is 0.463 e. The topological polar surface area (TPSA) is 78.9 Å². The van der Waals surface area contributed by atoms with Crippen LogP contribution in [0.3, 0.4) is 0 Å². The summed E-state index contributed by atoms with van der Waals surface area (Å²) < 4.78 is 14.7. The van der Waals surface area contributed by atoms with E-state index in [1.807, 2.05) is 0 Å². The number of ether oxygens (including phenoxy) is 3. The predicted molar refractivity (Wildman–Crippen MR) is 92.9 cm³/mol. The molecule has 4 rings (SSSR count). The Balaban J connectivity index is 1.32. The molecule has 26 heavy (non-hydrogen) atoms. The monoisotopic (exact) mass is 364 g/mol. The second-order valence-corrected chi connectivity index (χ2v) is 8.41. The molecule has 4 saturated carbocycles. The molecular weight excluding hydrogens is 336 g/mol. The number of esters is 3. The number of hydrogen-bond acceptors (Lipinski definition) is 6. The minimum absolute atomic E-state index is 0.196. The van der Waals surface area contributed by atoms with Gasteiger partial charge in [-0.25, -0.2) is 14.4 Å². The second-order valence-electron chi connectivity index (χ2n) is 8.41. The molecule has 0 saturated heterocycles. The Hall–Kier alpha value is -1.85. The molecule has 0 aliphatic heterocycles. The normalized spacial score (nSPS) is 31.3. The van der Waals surface area contributed by atoms with Crippen LogP contribution in [-0.4, -0.2) is 37.7 Å². The smallest absolute Gasteiger partial charge is 0.344 e. The highest BCUT2D eigenvalue weighted by Gasteiger charge is 2.50. The molecule has 0 atom stereocenters.